The molecule has 2 aromatic rings. The number of anilines is 1. The van der Waals surface area contributed by atoms with Crippen LogP contribution in [0.4, 0.5) is 10.1 Å². The van der Waals surface area contributed by atoms with Crippen molar-refractivity contribution in [3.8, 4) is 0 Å². The quantitative estimate of drug-likeness (QED) is 0.794. The molecule has 0 saturated heterocycles. The van der Waals surface area contributed by atoms with Gasteiger partial charge in [-0.2, -0.15) is 5.10 Å². The molecule has 0 unspecified atom stereocenters. The molecule has 0 saturated carbocycles. The topological polar surface area (TPSA) is 90.0 Å². The molecule has 0 atom stereocenters. The van der Waals surface area contributed by atoms with Crippen LogP contribution < -0.4 is 10.5 Å². The van der Waals surface area contributed by atoms with Gasteiger partial charge in [0.05, 0.1) is 11.9 Å². The highest BCUT2D eigenvalue weighted by Gasteiger charge is 2.17. The smallest absolute Gasteiger partial charge is 0.242 e. The zero-order valence-electron chi connectivity index (χ0n) is 10.9. The van der Waals surface area contributed by atoms with E-state index in [1.165, 1.54) is 6.07 Å². The van der Waals surface area contributed by atoms with E-state index in [4.69, 9.17) is 5.73 Å². The van der Waals surface area contributed by atoms with Gasteiger partial charge in [-0.3, -0.25) is 4.68 Å². The van der Waals surface area contributed by atoms with E-state index in [-0.39, 0.29) is 17.1 Å². The van der Waals surface area contributed by atoms with Gasteiger partial charge in [-0.05, 0) is 30.2 Å². The minimum Gasteiger partial charge on any atom is -0.398 e. The number of hydrogen-bond acceptors (Lipinski definition) is 4. The van der Waals surface area contributed by atoms with Crippen LogP contribution in [0, 0.1) is 5.82 Å². The highest BCUT2D eigenvalue weighted by atomic mass is 32.2. The zero-order valence-corrected chi connectivity index (χ0v) is 11.7. The number of nitrogens with one attached hydrogen (secondary N) is 1. The van der Waals surface area contributed by atoms with E-state index in [9.17, 15) is 12.8 Å². The molecule has 0 bridgehead atoms. The van der Waals surface area contributed by atoms with E-state index < -0.39 is 15.8 Å². The molecule has 0 aliphatic heterocycles. The summed E-state index contributed by atoms with van der Waals surface area (Å²) in [6, 6.07) is 3.25. The average molecular weight is 298 g/mol. The van der Waals surface area contributed by atoms with Gasteiger partial charge in [-0.25, -0.2) is 17.5 Å². The van der Waals surface area contributed by atoms with Crippen molar-refractivity contribution in [2.24, 2.45) is 7.05 Å². The summed E-state index contributed by atoms with van der Waals surface area (Å²) in [6.07, 6.45) is 3.94. The SMILES string of the molecule is Cn1cc(CCNS(=O)(=O)c2cc(F)ccc2N)cn1. The Labute approximate surface area is 116 Å². The van der Waals surface area contributed by atoms with Crippen LogP contribution in [0.5, 0.6) is 0 Å². The summed E-state index contributed by atoms with van der Waals surface area (Å²) in [5.74, 6) is -0.646. The maximum absolute atomic E-state index is 13.1. The number of nitrogens with zero attached hydrogens (tertiary/aromatic N) is 2. The van der Waals surface area contributed by atoms with Crippen molar-refractivity contribution in [3.05, 3.63) is 42.0 Å². The molecule has 3 N–H and O–H groups in total. The van der Waals surface area contributed by atoms with Gasteiger partial charge in [0.2, 0.25) is 10.0 Å². The van der Waals surface area contributed by atoms with Crippen LogP contribution in [0.2, 0.25) is 0 Å². The van der Waals surface area contributed by atoms with Gasteiger partial charge < -0.3 is 5.73 Å². The summed E-state index contributed by atoms with van der Waals surface area (Å²) in [5, 5.41) is 3.99. The molecule has 0 amide bonds. The number of hydrogen-bond donors (Lipinski definition) is 2. The Bertz CT molecular complexity index is 712. The first-order chi connectivity index (χ1) is 9.38. The van der Waals surface area contributed by atoms with Gasteiger partial charge >= 0.3 is 0 Å². The molecule has 1 heterocycles. The van der Waals surface area contributed by atoms with E-state index in [2.05, 4.69) is 9.82 Å². The van der Waals surface area contributed by atoms with Gasteiger partial charge in [0.15, 0.2) is 0 Å². The van der Waals surface area contributed by atoms with Crippen molar-refractivity contribution in [2.45, 2.75) is 11.3 Å². The van der Waals surface area contributed by atoms with Crippen LogP contribution in [0.1, 0.15) is 5.56 Å². The number of nitrogens with two attached hydrogens (primary N) is 1. The molecular weight excluding hydrogens is 283 g/mol. The van der Waals surface area contributed by atoms with Crippen LogP contribution in [0.15, 0.2) is 35.5 Å². The summed E-state index contributed by atoms with van der Waals surface area (Å²) in [7, 11) is -2.04. The molecule has 2 rings (SSSR count). The fourth-order valence-corrected chi connectivity index (χ4v) is 2.92. The minimum atomic E-state index is -3.82. The molecular formula is C12H15FN4O2S. The summed E-state index contributed by atoms with van der Waals surface area (Å²) in [5.41, 5.74) is 6.48. The Balaban J connectivity index is 2.06. The summed E-state index contributed by atoms with van der Waals surface area (Å²) >= 11 is 0. The second-order valence-electron chi connectivity index (χ2n) is 4.35. The highest BCUT2D eigenvalue weighted by Crippen LogP contribution is 2.18. The van der Waals surface area contributed by atoms with Crippen molar-refractivity contribution in [3.63, 3.8) is 0 Å². The van der Waals surface area contributed by atoms with E-state index in [1.807, 2.05) is 0 Å². The van der Waals surface area contributed by atoms with Gasteiger partial charge in [-0.15, -0.1) is 0 Å². The lowest BCUT2D eigenvalue weighted by Gasteiger charge is -2.08. The number of benzene rings is 1. The molecule has 0 aliphatic rings. The van der Waals surface area contributed by atoms with E-state index in [0.29, 0.717) is 6.42 Å². The zero-order chi connectivity index (χ0) is 14.8. The van der Waals surface area contributed by atoms with Crippen LogP contribution in [0.25, 0.3) is 0 Å². The Morgan fingerprint density at radius 1 is 1.45 bits per heavy atom. The molecule has 1 aromatic heterocycles. The molecule has 1 aromatic carbocycles. The fraction of sp³-hybridized carbons (Fsp3) is 0.250. The first-order valence-corrected chi connectivity index (χ1v) is 7.39. The van der Waals surface area contributed by atoms with Crippen molar-refractivity contribution in [1.29, 1.82) is 0 Å². The third-order valence-electron chi connectivity index (χ3n) is 2.73. The van der Waals surface area contributed by atoms with Crippen LogP contribution in [-0.2, 0) is 23.5 Å². The monoisotopic (exact) mass is 298 g/mol. The maximum Gasteiger partial charge on any atom is 0.242 e. The first-order valence-electron chi connectivity index (χ1n) is 5.91. The lowest BCUT2D eigenvalue weighted by atomic mass is 10.3. The van der Waals surface area contributed by atoms with Crippen molar-refractivity contribution >= 4 is 15.7 Å². The van der Waals surface area contributed by atoms with E-state index in [0.717, 1.165) is 17.7 Å². The number of sulfonamides is 1. The summed E-state index contributed by atoms with van der Waals surface area (Å²) < 4.78 is 41.2. The molecule has 8 heteroatoms. The lowest BCUT2D eigenvalue weighted by Crippen LogP contribution is -2.26. The van der Waals surface area contributed by atoms with Crippen molar-refractivity contribution in [1.82, 2.24) is 14.5 Å². The minimum absolute atomic E-state index is 0.0141. The van der Waals surface area contributed by atoms with Crippen molar-refractivity contribution in [2.75, 3.05) is 12.3 Å². The van der Waals surface area contributed by atoms with Gasteiger partial charge in [0.25, 0.3) is 0 Å². The predicted molar refractivity (Wildman–Crippen MR) is 72.9 cm³/mol. The highest BCUT2D eigenvalue weighted by molar-refractivity contribution is 7.89. The molecule has 0 radical (unpaired) electrons. The molecule has 108 valence electrons. The normalized spacial score (nSPS) is 11.7. The van der Waals surface area contributed by atoms with Gasteiger partial charge in [0.1, 0.15) is 10.7 Å². The molecule has 0 fully saturated rings. The fourth-order valence-electron chi connectivity index (χ4n) is 1.75. The predicted octanol–water partition coefficient (Wildman–Crippen LogP) is 0.662. The number of aryl methyl sites for hydroxylation is 1. The third kappa shape index (κ3) is 3.34. The van der Waals surface area contributed by atoms with Crippen LogP contribution in [-0.4, -0.2) is 24.7 Å². The summed E-state index contributed by atoms with van der Waals surface area (Å²) in [4.78, 5) is -0.247. The first kappa shape index (κ1) is 14.5. The maximum atomic E-state index is 13.1. The standard InChI is InChI=1S/C12H15FN4O2S/c1-17-8-9(7-15-17)4-5-16-20(18,19)12-6-10(13)2-3-11(12)14/h2-3,6-8,16H,4-5,14H2,1H3. The molecule has 0 spiro atoms. The summed E-state index contributed by atoms with van der Waals surface area (Å²) in [6.45, 7) is 0.185. The third-order valence-corrected chi connectivity index (χ3v) is 4.25. The van der Waals surface area contributed by atoms with Crippen molar-refractivity contribution < 1.29 is 12.8 Å². The number of aromatic nitrogens is 2. The Hall–Kier alpha value is -1.93. The van der Waals surface area contributed by atoms with Gasteiger partial charge in [0, 0.05) is 19.8 Å². The van der Waals surface area contributed by atoms with Crippen LogP contribution >= 0.6 is 0 Å². The Morgan fingerprint density at radius 3 is 2.85 bits per heavy atom. The lowest BCUT2D eigenvalue weighted by molar-refractivity contribution is 0.578. The number of halogens is 1. The Kier molecular flexibility index (Phi) is 4.05. The van der Waals surface area contributed by atoms with E-state index >= 15 is 0 Å². The second-order valence-corrected chi connectivity index (χ2v) is 6.09. The molecule has 0 aliphatic carbocycles. The molecule has 20 heavy (non-hydrogen) atoms. The van der Waals surface area contributed by atoms with E-state index in [1.54, 1.807) is 24.1 Å². The molecule has 6 nitrogen and oxygen atoms in total. The van der Waals surface area contributed by atoms with Crippen LogP contribution in [0.3, 0.4) is 0 Å². The van der Waals surface area contributed by atoms with Gasteiger partial charge in [-0.1, -0.05) is 0 Å². The largest absolute Gasteiger partial charge is 0.398 e. The number of rotatable bonds is 5. The second kappa shape index (κ2) is 5.59. The Morgan fingerprint density at radius 2 is 2.20 bits per heavy atom. The number of nitrogen functional groups attached to an aromatic ring is 1. The average Bonchev–Trinajstić information content (AvgIpc) is 2.78.